The molecule has 0 spiro atoms. The van der Waals surface area contributed by atoms with Crippen molar-refractivity contribution in [2.75, 3.05) is 38.1 Å². The van der Waals surface area contributed by atoms with E-state index in [9.17, 15) is 13.2 Å². The molecule has 9 nitrogen and oxygen atoms in total. The van der Waals surface area contributed by atoms with E-state index in [-0.39, 0.29) is 18.1 Å². The van der Waals surface area contributed by atoms with Gasteiger partial charge in [0.1, 0.15) is 18.0 Å². The summed E-state index contributed by atoms with van der Waals surface area (Å²) in [6.07, 6.45) is 2.47. The first-order chi connectivity index (χ1) is 19.2. The summed E-state index contributed by atoms with van der Waals surface area (Å²) in [5.41, 5.74) is 3.87. The van der Waals surface area contributed by atoms with E-state index in [0.717, 1.165) is 29.7 Å². The molecule has 5 rings (SSSR count). The zero-order valence-corrected chi connectivity index (χ0v) is 24.2. The van der Waals surface area contributed by atoms with Gasteiger partial charge in [0.2, 0.25) is 0 Å². The Morgan fingerprint density at radius 1 is 1.02 bits per heavy atom. The third-order valence-corrected chi connectivity index (χ3v) is 9.71. The molecule has 3 atom stereocenters. The lowest BCUT2D eigenvalue weighted by atomic mass is 10.0. The lowest BCUT2D eigenvalue weighted by Gasteiger charge is -2.30. The van der Waals surface area contributed by atoms with Crippen molar-refractivity contribution in [3.05, 3.63) is 89.2 Å². The number of benzene rings is 2. The van der Waals surface area contributed by atoms with Crippen molar-refractivity contribution in [1.29, 1.82) is 0 Å². The van der Waals surface area contributed by atoms with Gasteiger partial charge in [0.05, 0.1) is 30.5 Å². The van der Waals surface area contributed by atoms with Gasteiger partial charge < -0.3 is 14.4 Å². The molecule has 2 fully saturated rings. The molecule has 0 N–H and O–H groups in total. The van der Waals surface area contributed by atoms with Crippen LogP contribution in [0.25, 0.3) is 0 Å². The van der Waals surface area contributed by atoms with Gasteiger partial charge in [-0.15, -0.1) is 0 Å². The maximum absolute atomic E-state index is 13.7. The average Bonchev–Trinajstić information content (AvgIpc) is 3.62. The molecule has 2 saturated heterocycles. The van der Waals surface area contributed by atoms with E-state index in [1.54, 1.807) is 49.5 Å². The number of nitrogens with zero attached hydrogens (tertiary/aromatic N) is 4. The summed E-state index contributed by atoms with van der Waals surface area (Å²) in [7, 11) is -0.648. The van der Waals surface area contributed by atoms with Crippen LogP contribution in [0.2, 0.25) is 0 Å². The summed E-state index contributed by atoms with van der Waals surface area (Å²) in [4.78, 5) is 19.5. The van der Waals surface area contributed by atoms with Crippen molar-refractivity contribution in [2.45, 2.75) is 44.9 Å². The average molecular weight is 565 g/mol. The molecule has 1 amide bonds. The quantitative estimate of drug-likeness (QED) is 0.409. The molecular formula is C30H36N4O5S. The van der Waals surface area contributed by atoms with Crippen molar-refractivity contribution in [1.82, 2.24) is 14.2 Å². The minimum atomic E-state index is -3.81. The topological polar surface area (TPSA) is 92.3 Å². The molecule has 0 bridgehead atoms. The van der Waals surface area contributed by atoms with Crippen LogP contribution in [0.1, 0.15) is 46.1 Å². The number of aryl methyl sites for hydroxylation is 2. The standard InChI is InChI=1S/C30H36N4O5S/c1-21-13-14-22(2)25(17-21)30(35)33-19-28(38-4)29(20-33)39-24-10-7-9-23(18-24)32(3)40(36,37)34-16-8-12-27(34)26-11-5-6-15-31-26/h5-7,9-11,13-15,17-18,27-29H,8,12,16,19-20H2,1-4H3/t27?,28-,29-/m1/s1. The summed E-state index contributed by atoms with van der Waals surface area (Å²) in [5.74, 6) is 0.456. The Labute approximate surface area is 236 Å². The molecule has 40 heavy (non-hydrogen) atoms. The molecule has 10 heteroatoms. The first-order valence-electron chi connectivity index (χ1n) is 13.5. The van der Waals surface area contributed by atoms with E-state index in [0.29, 0.717) is 36.6 Å². The molecular weight excluding hydrogens is 528 g/mol. The van der Waals surface area contributed by atoms with Gasteiger partial charge >= 0.3 is 10.2 Å². The molecule has 212 valence electrons. The Bertz CT molecular complexity index is 1470. The summed E-state index contributed by atoms with van der Waals surface area (Å²) >= 11 is 0. The molecule has 2 aliphatic heterocycles. The van der Waals surface area contributed by atoms with Crippen LogP contribution in [-0.2, 0) is 14.9 Å². The van der Waals surface area contributed by atoms with Crippen LogP contribution in [0.15, 0.2) is 66.9 Å². The van der Waals surface area contributed by atoms with Gasteiger partial charge in [0, 0.05) is 38.5 Å². The third-order valence-electron chi connectivity index (χ3n) is 7.77. The van der Waals surface area contributed by atoms with Gasteiger partial charge in [0.15, 0.2) is 0 Å². The second-order valence-electron chi connectivity index (χ2n) is 10.5. The van der Waals surface area contributed by atoms with Crippen molar-refractivity contribution in [2.24, 2.45) is 0 Å². The number of likely N-dealkylation sites (tertiary alicyclic amines) is 1. The number of carbonyl (C=O) groups excluding carboxylic acids is 1. The van der Waals surface area contributed by atoms with Crippen LogP contribution >= 0.6 is 0 Å². The normalized spacial score (nSPS) is 21.5. The van der Waals surface area contributed by atoms with E-state index in [1.165, 1.54) is 8.61 Å². The summed E-state index contributed by atoms with van der Waals surface area (Å²) in [6, 6.07) is 18.2. The van der Waals surface area contributed by atoms with E-state index < -0.39 is 16.3 Å². The Balaban J connectivity index is 1.31. The molecule has 0 radical (unpaired) electrons. The molecule has 0 saturated carbocycles. The van der Waals surface area contributed by atoms with Crippen LogP contribution in [0, 0.1) is 13.8 Å². The van der Waals surface area contributed by atoms with Crippen LogP contribution < -0.4 is 9.04 Å². The van der Waals surface area contributed by atoms with Crippen molar-refractivity contribution >= 4 is 21.8 Å². The zero-order valence-electron chi connectivity index (χ0n) is 23.4. The number of rotatable bonds is 8. The first kappa shape index (κ1) is 28.1. The number of anilines is 1. The van der Waals surface area contributed by atoms with Gasteiger partial charge in [-0.25, -0.2) is 0 Å². The summed E-state index contributed by atoms with van der Waals surface area (Å²) in [6.45, 7) is 5.11. The highest BCUT2D eigenvalue weighted by atomic mass is 32.2. The smallest absolute Gasteiger partial charge is 0.304 e. The SMILES string of the molecule is CO[C@@H]1CN(C(=O)c2cc(C)ccc2C)C[C@H]1Oc1cccc(N(C)S(=O)(=O)N2CCCC2c2ccccn2)c1. The number of ether oxygens (including phenoxy) is 2. The van der Waals surface area contributed by atoms with E-state index >= 15 is 0 Å². The number of methoxy groups -OCH3 is 1. The molecule has 0 aliphatic carbocycles. The van der Waals surface area contributed by atoms with Crippen LogP contribution in [0.4, 0.5) is 5.69 Å². The Hall–Kier alpha value is -3.47. The Kier molecular flexibility index (Phi) is 8.11. The second-order valence-corrected chi connectivity index (χ2v) is 12.4. The predicted molar refractivity (Wildman–Crippen MR) is 154 cm³/mol. The highest BCUT2D eigenvalue weighted by Gasteiger charge is 2.40. The fourth-order valence-corrected chi connectivity index (χ4v) is 7.08. The number of carbonyl (C=O) groups is 1. The molecule has 1 aromatic heterocycles. The minimum absolute atomic E-state index is 0.0537. The van der Waals surface area contributed by atoms with Gasteiger partial charge in [-0.2, -0.15) is 12.7 Å². The third kappa shape index (κ3) is 5.56. The van der Waals surface area contributed by atoms with E-state index in [2.05, 4.69) is 4.98 Å². The summed E-state index contributed by atoms with van der Waals surface area (Å²) in [5, 5.41) is 0. The molecule has 3 aromatic rings. The molecule has 2 aromatic carbocycles. The lowest BCUT2D eigenvalue weighted by Crippen LogP contribution is -2.41. The maximum atomic E-state index is 13.7. The van der Waals surface area contributed by atoms with Gasteiger partial charge in [-0.3, -0.25) is 14.1 Å². The Morgan fingerprint density at radius 2 is 1.82 bits per heavy atom. The van der Waals surface area contributed by atoms with Gasteiger partial charge in [-0.1, -0.05) is 29.8 Å². The molecule has 1 unspecified atom stereocenters. The number of amides is 1. The number of hydrogen-bond donors (Lipinski definition) is 0. The fraction of sp³-hybridized carbons (Fsp3) is 0.400. The monoisotopic (exact) mass is 564 g/mol. The van der Waals surface area contributed by atoms with Crippen molar-refractivity contribution in [3.8, 4) is 5.75 Å². The fourth-order valence-electron chi connectivity index (χ4n) is 5.49. The van der Waals surface area contributed by atoms with Crippen LogP contribution in [0.3, 0.4) is 0 Å². The number of hydrogen-bond acceptors (Lipinski definition) is 6. The molecule has 3 heterocycles. The summed E-state index contributed by atoms with van der Waals surface area (Å²) < 4.78 is 42.2. The first-order valence-corrected chi connectivity index (χ1v) is 14.9. The van der Waals surface area contributed by atoms with E-state index in [1.807, 2.05) is 50.2 Å². The lowest BCUT2D eigenvalue weighted by molar-refractivity contribution is 0.0340. The van der Waals surface area contributed by atoms with Gasteiger partial charge in [0.25, 0.3) is 5.91 Å². The van der Waals surface area contributed by atoms with Crippen molar-refractivity contribution in [3.63, 3.8) is 0 Å². The zero-order chi connectivity index (χ0) is 28.4. The molecule has 2 aliphatic rings. The van der Waals surface area contributed by atoms with Crippen LogP contribution in [-0.4, -0.2) is 74.5 Å². The number of pyridine rings is 1. The van der Waals surface area contributed by atoms with Crippen LogP contribution in [0.5, 0.6) is 5.75 Å². The predicted octanol–water partition coefficient (Wildman–Crippen LogP) is 4.13. The maximum Gasteiger partial charge on any atom is 0.304 e. The highest BCUT2D eigenvalue weighted by molar-refractivity contribution is 7.90. The van der Waals surface area contributed by atoms with Crippen molar-refractivity contribution < 1.29 is 22.7 Å². The largest absolute Gasteiger partial charge is 0.486 e. The number of aromatic nitrogens is 1. The highest BCUT2D eigenvalue weighted by Crippen LogP contribution is 2.36. The second kappa shape index (κ2) is 11.6. The van der Waals surface area contributed by atoms with E-state index in [4.69, 9.17) is 9.47 Å². The van der Waals surface area contributed by atoms with Gasteiger partial charge in [-0.05, 0) is 62.6 Å². The Morgan fingerprint density at radius 3 is 2.58 bits per heavy atom. The minimum Gasteiger partial charge on any atom is -0.486 e.